The first-order chi connectivity index (χ1) is 4.81. The number of rotatable bonds is 0. The van der Waals surface area contributed by atoms with Crippen LogP contribution in [-0.2, 0) is 4.79 Å². The summed E-state index contributed by atoms with van der Waals surface area (Å²) < 4.78 is 0. The lowest BCUT2D eigenvalue weighted by Gasteiger charge is -2.12. The Hall–Kier alpha value is -0.840. The number of carbonyl (C=O) groups is 1. The molecule has 0 heterocycles. The highest BCUT2D eigenvalue weighted by Crippen LogP contribution is 2.45. The number of hydrogen-bond acceptors (Lipinski definition) is 2. The van der Waals surface area contributed by atoms with Crippen molar-refractivity contribution in [3.63, 3.8) is 0 Å². The molecule has 0 aromatic heterocycles. The molecule has 52 valence electrons. The molecule has 2 saturated carbocycles. The predicted octanol–water partition coefficient (Wildman–Crippen LogP) is 1.13. The molecular weight excluding hydrogens is 126 g/mol. The number of carbonyl (C=O) groups excluding carboxylic acids is 1. The molecule has 2 aliphatic carbocycles. The number of nitrogens with zero attached hydrogens (tertiary/aromatic N) is 1. The van der Waals surface area contributed by atoms with Crippen LogP contribution < -0.4 is 0 Å². The van der Waals surface area contributed by atoms with Gasteiger partial charge in [-0.25, -0.2) is 0 Å². The van der Waals surface area contributed by atoms with E-state index < -0.39 is 0 Å². The van der Waals surface area contributed by atoms with Crippen LogP contribution >= 0.6 is 0 Å². The van der Waals surface area contributed by atoms with Gasteiger partial charge in [0.05, 0.1) is 12.0 Å². The Morgan fingerprint density at radius 3 is 2.70 bits per heavy atom. The molecule has 2 heteroatoms. The zero-order chi connectivity index (χ0) is 7.14. The van der Waals surface area contributed by atoms with Gasteiger partial charge in [0.25, 0.3) is 0 Å². The van der Waals surface area contributed by atoms with Crippen LogP contribution in [0.3, 0.4) is 0 Å². The van der Waals surface area contributed by atoms with Crippen LogP contribution in [0, 0.1) is 29.1 Å². The minimum Gasteiger partial charge on any atom is -0.299 e. The molecule has 0 aromatic carbocycles. The summed E-state index contributed by atoms with van der Waals surface area (Å²) in [4.78, 5) is 11.1. The normalized spacial score (nSPS) is 43.9. The Labute approximate surface area is 59.8 Å². The number of ketones is 1. The molecular formula is C8H9NO. The third kappa shape index (κ3) is 0.607. The first kappa shape index (κ1) is 5.91. The smallest absolute Gasteiger partial charge is 0.137 e. The molecule has 0 aliphatic heterocycles. The standard InChI is InChI=1S/C8H9NO/c9-4-6-1-5-2-7(6)8(10)3-5/h5-7H,1-3H2/t5-,6+,7-/m1/s1. The van der Waals surface area contributed by atoms with Gasteiger partial charge in [-0.15, -0.1) is 0 Å². The molecule has 3 atom stereocenters. The summed E-state index contributed by atoms with van der Waals surface area (Å²) in [5.41, 5.74) is 0. The highest BCUT2D eigenvalue weighted by molar-refractivity contribution is 5.85. The average molecular weight is 135 g/mol. The molecule has 0 amide bonds. The minimum absolute atomic E-state index is 0.0613. The van der Waals surface area contributed by atoms with Crippen LogP contribution in [0.2, 0.25) is 0 Å². The van der Waals surface area contributed by atoms with Crippen molar-refractivity contribution in [1.29, 1.82) is 5.26 Å². The SMILES string of the molecule is N#C[C@@H]1C[C@H]2CC(=O)[C@@H]1C2. The van der Waals surface area contributed by atoms with Gasteiger partial charge in [0.2, 0.25) is 0 Å². The Bertz CT molecular complexity index is 216. The van der Waals surface area contributed by atoms with Gasteiger partial charge in [-0.05, 0) is 18.8 Å². The molecule has 2 fully saturated rings. The van der Waals surface area contributed by atoms with Gasteiger partial charge >= 0.3 is 0 Å². The summed E-state index contributed by atoms with van der Waals surface area (Å²) in [5.74, 6) is 1.08. The Balaban J connectivity index is 2.22. The number of nitriles is 1. The van der Waals surface area contributed by atoms with Crippen molar-refractivity contribution in [2.45, 2.75) is 19.3 Å². The summed E-state index contributed by atoms with van der Waals surface area (Å²) in [6.07, 6.45) is 2.73. The predicted molar refractivity (Wildman–Crippen MR) is 34.9 cm³/mol. The van der Waals surface area contributed by atoms with E-state index in [4.69, 9.17) is 5.26 Å². The van der Waals surface area contributed by atoms with Gasteiger partial charge in [0.15, 0.2) is 0 Å². The Kier molecular flexibility index (Phi) is 1.08. The fourth-order valence-electron chi connectivity index (χ4n) is 2.24. The fraction of sp³-hybridized carbons (Fsp3) is 0.750. The molecule has 0 N–H and O–H groups in total. The summed E-state index contributed by atoms with van der Waals surface area (Å²) in [7, 11) is 0. The van der Waals surface area contributed by atoms with E-state index in [0.29, 0.717) is 11.7 Å². The second-order valence-corrected chi connectivity index (χ2v) is 3.35. The van der Waals surface area contributed by atoms with Crippen molar-refractivity contribution in [1.82, 2.24) is 0 Å². The molecule has 0 unspecified atom stereocenters. The second-order valence-electron chi connectivity index (χ2n) is 3.35. The average Bonchev–Trinajstić information content (AvgIpc) is 2.44. The van der Waals surface area contributed by atoms with Crippen molar-refractivity contribution in [2.75, 3.05) is 0 Å². The molecule has 2 rings (SSSR count). The Morgan fingerprint density at radius 2 is 2.30 bits per heavy atom. The van der Waals surface area contributed by atoms with E-state index in [1.54, 1.807) is 0 Å². The number of hydrogen-bond donors (Lipinski definition) is 0. The van der Waals surface area contributed by atoms with Gasteiger partial charge < -0.3 is 0 Å². The number of fused-ring (bicyclic) bond motifs is 2. The zero-order valence-electron chi connectivity index (χ0n) is 5.71. The molecule has 2 aliphatic rings. The lowest BCUT2D eigenvalue weighted by molar-refractivity contribution is -0.122. The molecule has 2 bridgehead atoms. The first-order valence-corrected chi connectivity index (χ1v) is 3.73. The van der Waals surface area contributed by atoms with Crippen LogP contribution in [0.4, 0.5) is 0 Å². The largest absolute Gasteiger partial charge is 0.299 e. The lowest BCUT2D eigenvalue weighted by Crippen LogP contribution is -2.17. The molecule has 2 nitrogen and oxygen atoms in total. The quantitative estimate of drug-likeness (QED) is 0.499. The molecule has 0 radical (unpaired) electrons. The molecule has 0 aromatic rings. The van der Waals surface area contributed by atoms with E-state index in [1.165, 1.54) is 0 Å². The fourth-order valence-corrected chi connectivity index (χ4v) is 2.24. The summed E-state index contributed by atoms with van der Waals surface area (Å²) in [6.45, 7) is 0. The van der Waals surface area contributed by atoms with Crippen molar-refractivity contribution in [2.24, 2.45) is 17.8 Å². The topological polar surface area (TPSA) is 40.9 Å². The van der Waals surface area contributed by atoms with E-state index in [-0.39, 0.29) is 11.8 Å². The third-order valence-corrected chi connectivity index (χ3v) is 2.73. The molecule has 0 spiro atoms. The van der Waals surface area contributed by atoms with Gasteiger partial charge in [-0.2, -0.15) is 5.26 Å². The van der Waals surface area contributed by atoms with Gasteiger partial charge in [-0.1, -0.05) is 0 Å². The van der Waals surface area contributed by atoms with Gasteiger partial charge in [0, 0.05) is 12.3 Å². The monoisotopic (exact) mass is 135 g/mol. The maximum Gasteiger partial charge on any atom is 0.137 e. The maximum absolute atomic E-state index is 11.1. The first-order valence-electron chi connectivity index (χ1n) is 3.73. The highest BCUT2D eigenvalue weighted by atomic mass is 16.1. The van der Waals surface area contributed by atoms with E-state index in [2.05, 4.69) is 6.07 Å². The minimum atomic E-state index is 0.0613. The molecule has 0 saturated heterocycles. The van der Waals surface area contributed by atoms with Crippen LogP contribution in [0.15, 0.2) is 0 Å². The van der Waals surface area contributed by atoms with Crippen molar-refractivity contribution < 1.29 is 4.79 Å². The highest BCUT2D eigenvalue weighted by Gasteiger charge is 2.45. The van der Waals surface area contributed by atoms with Crippen molar-refractivity contribution in [3.8, 4) is 6.07 Å². The zero-order valence-corrected chi connectivity index (χ0v) is 5.71. The maximum atomic E-state index is 11.1. The Morgan fingerprint density at radius 1 is 1.50 bits per heavy atom. The van der Waals surface area contributed by atoms with Crippen LogP contribution in [0.5, 0.6) is 0 Å². The van der Waals surface area contributed by atoms with Crippen LogP contribution in [0.1, 0.15) is 19.3 Å². The van der Waals surface area contributed by atoms with Crippen molar-refractivity contribution in [3.05, 3.63) is 0 Å². The van der Waals surface area contributed by atoms with E-state index in [9.17, 15) is 4.79 Å². The number of Topliss-reactive ketones (excluding diaryl/α,β-unsaturated/α-hetero) is 1. The van der Waals surface area contributed by atoms with E-state index >= 15 is 0 Å². The summed E-state index contributed by atoms with van der Waals surface area (Å²) in [5, 5.41) is 8.60. The van der Waals surface area contributed by atoms with Crippen LogP contribution in [-0.4, -0.2) is 5.78 Å². The lowest BCUT2D eigenvalue weighted by atomic mass is 9.89. The van der Waals surface area contributed by atoms with Crippen LogP contribution in [0.25, 0.3) is 0 Å². The molecule has 10 heavy (non-hydrogen) atoms. The summed E-state index contributed by atoms with van der Waals surface area (Å²) in [6, 6.07) is 2.20. The van der Waals surface area contributed by atoms with E-state index in [0.717, 1.165) is 19.3 Å². The summed E-state index contributed by atoms with van der Waals surface area (Å²) >= 11 is 0. The third-order valence-electron chi connectivity index (χ3n) is 2.73. The van der Waals surface area contributed by atoms with Crippen molar-refractivity contribution >= 4 is 5.78 Å². The van der Waals surface area contributed by atoms with Gasteiger partial charge in [0.1, 0.15) is 5.78 Å². The second kappa shape index (κ2) is 1.82. The van der Waals surface area contributed by atoms with E-state index in [1.807, 2.05) is 0 Å². The van der Waals surface area contributed by atoms with Gasteiger partial charge in [-0.3, -0.25) is 4.79 Å².